The maximum atomic E-state index is 11.9. The van der Waals surface area contributed by atoms with Crippen molar-refractivity contribution in [2.24, 2.45) is 0 Å². The lowest BCUT2D eigenvalue weighted by Crippen LogP contribution is -2.04. The third-order valence-electron chi connectivity index (χ3n) is 5.63. The number of nitrogens with zero attached hydrogens (tertiary/aromatic N) is 1. The van der Waals surface area contributed by atoms with E-state index in [4.69, 9.17) is 4.74 Å². The maximum Gasteiger partial charge on any atom is 0.335 e. The van der Waals surface area contributed by atoms with Gasteiger partial charge in [0.05, 0.1) is 16.7 Å². The highest BCUT2D eigenvalue weighted by atomic mass is 16.5. The molecule has 35 heavy (non-hydrogen) atoms. The summed E-state index contributed by atoms with van der Waals surface area (Å²) in [6.45, 7) is 1.57. The first kappa shape index (κ1) is 23.7. The molecule has 3 aromatic carbocycles. The molecule has 7 heteroatoms. The molecular formula is C28H23NO6. The van der Waals surface area contributed by atoms with Crippen molar-refractivity contribution in [3.8, 4) is 22.6 Å². The fraction of sp³-hybridized carbons (Fsp3) is 0.107. The largest absolute Gasteiger partial charge is 0.506 e. The number of hydrogen-bond donors (Lipinski definition) is 3. The highest BCUT2D eigenvalue weighted by Crippen LogP contribution is 2.40. The van der Waals surface area contributed by atoms with Gasteiger partial charge in [-0.1, -0.05) is 36.4 Å². The number of Topliss-reactive ketones (excluding diaryl/α,β-unsaturated/α-hetero) is 1. The molecular weight excluding hydrogens is 446 g/mol. The van der Waals surface area contributed by atoms with Gasteiger partial charge >= 0.3 is 5.97 Å². The van der Waals surface area contributed by atoms with Gasteiger partial charge in [-0.3, -0.25) is 9.78 Å². The van der Waals surface area contributed by atoms with Crippen molar-refractivity contribution in [3.63, 3.8) is 0 Å². The van der Waals surface area contributed by atoms with E-state index in [2.05, 4.69) is 4.98 Å². The van der Waals surface area contributed by atoms with Gasteiger partial charge in [-0.2, -0.15) is 0 Å². The number of hydrogen-bond acceptors (Lipinski definition) is 6. The second-order valence-corrected chi connectivity index (χ2v) is 7.99. The lowest BCUT2D eigenvalue weighted by atomic mass is 9.98. The van der Waals surface area contributed by atoms with Crippen LogP contribution in [0.2, 0.25) is 0 Å². The number of phenolic OH excluding ortho intramolecular Hbond substituents is 1. The van der Waals surface area contributed by atoms with E-state index in [0.717, 1.165) is 5.56 Å². The number of rotatable bonds is 8. The van der Waals surface area contributed by atoms with Gasteiger partial charge in [0.2, 0.25) is 0 Å². The average molecular weight is 469 g/mol. The number of benzene rings is 3. The van der Waals surface area contributed by atoms with Crippen molar-refractivity contribution < 1.29 is 29.6 Å². The number of aliphatic hydroxyl groups is 1. The summed E-state index contributed by atoms with van der Waals surface area (Å²) in [6.07, 6.45) is 2.21. The molecule has 3 N–H and O–H groups in total. The standard InChI is InChI=1S/C28H23NO6/c1-17(30)23-9-10-24(25(27(23)32)19-11-13-29-14-12-19)35-16-18-5-7-20(8-6-18)26(31)21-3-2-4-22(15-21)28(33)34/h2-15,26,31-32H,16H2,1H3,(H,33,34). The third-order valence-corrected chi connectivity index (χ3v) is 5.63. The molecule has 4 aromatic rings. The van der Waals surface area contributed by atoms with Crippen LogP contribution in [0.3, 0.4) is 0 Å². The topological polar surface area (TPSA) is 117 Å². The van der Waals surface area contributed by atoms with Crippen molar-refractivity contribution in [3.05, 3.63) is 113 Å². The van der Waals surface area contributed by atoms with Crippen molar-refractivity contribution in [2.75, 3.05) is 0 Å². The number of ketones is 1. The van der Waals surface area contributed by atoms with E-state index in [1.807, 2.05) is 0 Å². The molecule has 0 saturated carbocycles. The smallest absolute Gasteiger partial charge is 0.335 e. The first-order valence-corrected chi connectivity index (χ1v) is 10.9. The van der Waals surface area contributed by atoms with Crippen LogP contribution in [0.4, 0.5) is 0 Å². The lowest BCUT2D eigenvalue weighted by molar-refractivity contribution is 0.0696. The van der Waals surface area contributed by atoms with Crippen LogP contribution in [-0.2, 0) is 6.61 Å². The van der Waals surface area contributed by atoms with Gasteiger partial charge < -0.3 is 20.1 Å². The van der Waals surface area contributed by atoms with Gasteiger partial charge in [-0.25, -0.2) is 4.79 Å². The summed E-state index contributed by atoms with van der Waals surface area (Å²) in [5.41, 5.74) is 3.29. The highest BCUT2D eigenvalue weighted by molar-refractivity contribution is 6.00. The number of pyridine rings is 1. The summed E-state index contributed by atoms with van der Waals surface area (Å²) < 4.78 is 6.00. The van der Waals surface area contributed by atoms with Crippen LogP contribution in [-0.4, -0.2) is 32.1 Å². The van der Waals surface area contributed by atoms with Gasteiger partial charge in [-0.05, 0) is 65.6 Å². The molecule has 0 fully saturated rings. The SMILES string of the molecule is CC(=O)c1ccc(OCc2ccc(C(O)c3cccc(C(=O)O)c3)cc2)c(-c2ccncc2)c1O. The second kappa shape index (κ2) is 10.2. The Kier molecular flexibility index (Phi) is 6.89. The Morgan fingerprint density at radius 1 is 0.943 bits per heavy atom. The zero-order valence-corrected chi connectivity index (χ0v) is 18.9. The van der Waals surface area contributed by atoms with E-state index in [0.29, 0.717) is 28.0 Å². The summed E-state index contributed by atoms with van der Waals surface area (Å²) in [5.74, 6) is -1.05. The van der Waals surface area contributed by atoms with Crippen molar-refractivity contribution >= 4 is 11.8 Å². The number of carbonyl (C=O) groups is 2. The zero-order chi connectivity index (χ0) is 24.9. The number of carboxylic acid groups (broad SMARTS) is 1. The van der Waals surface area contributed by atoms with Gasteiger partial charge in [0.1, 0.15) is 24.2 Å². The minimum absolute atomic E-state index is 0.107. The van der Waals surface area contributed by atoms with Gasteiger partial charge in [0, 0.05) is 12.4 Å². The number of ether oxygens (including phenoxy) is 1. The Hall–Kier alpha value is -4.49. The number of aromatic nitrogens is 1. The molecule has 176 valence electrons. The molecule has 1 aromatic heterocycles. The quantitative estimate of drug-likeness (QED) is 0.310. The average Bonchev–Trinajstić information content (AvgIpc) is 2.87. The second-order valence-electron chi connectivity index (χ2n) is 7.99. The van der Waals surface area contributed by atoms with Crippen molar-refractivity contribution in [1.29, 1.82) is 0 Å². The van der Waals surface area contributed by atoms with Crippen LogP contribution in [0.15, 0.2) is 85.2 Å². The van der Waals surface area contributed by atoms with Crippen LogP contribution < -0.4 is 4.74 Å². The molecule has 0 saturated heterocycles. The minimum Gasteiger partial charge on any atom is -0.506 e. The molecule has 0 aliphatic rings. The van der Waals surface area contributed by atoms with Crippen LogP contribution in [0.5, 0.6) is 11.5 Å². The lowest BCUT2D eigenvalue weighted by Gasteiger charge is -2.16. The van der Waals surface area contributed by atoms with Crippen LogP contribution in [0, 0.1) is 0 Å². The molecule has 1 unspecified atom stereocenters. The summed E-state index contributed by atoms with van der Waals surface area (Å²) in [6, 6.07) is 19.9. The summed E-state index contributed by atoms with van der Waals surface area (Å²) >= 11 is 0. The summed E-state index contributed by atoms with van der Waals surface area (Å²) in [4.78, 5) is 27.1. The molecule has 0 radical (unpaired) electrons. The van der Waals surface area contributed by atoms with E-state index < -0.39 is 12.1 Å². The molecule has 4 rings (SSSR count). The van der Waals surface area contributed by atoms with E-state index in [1.54, 1.807) is 67.0 Å². The van der Waals surface area contributed by atoms with Gasteiger partial charge in [-0.15, -0.1) is 0 Å². The predicted molar refractivity (Wildman–Crippen MR) is 130 cm³/mol. The number of phenols is 1. The fourth-order valence-corrected chi connectivity index (χ4v) is 3.77. The Morgan fingerprint density at radius 3 is 2.31 bits per heavy atom. The van der Waals surface area contributed by atoms with E-state index in [9.17, 15) is 24.9 Å². The highest BCUT2D eigenvalue weighted by Gasteiger charge is 2.18. The van der Waals surface area contributed by atoms with Crippen LogP contribution in [0.1, 0.15) is 50.4 Å². The molecule has 7 nitrogen and oxygen atoms in total. The first-order chi connectivity index (χ1) is 16.8. The molecule has 0 aliphatic carbocycles. The molecule has 0 spiro atoms. The zero-order valence-electron chi connectivity index (χ0n) is 18.9. The van der Waals surface area contributed by atoms with E-state index in [1.165, 1.54) is 25.1 Å². The Balaban J connectivity index is 1.55. The Bertz CT molecular complexity index is 1370. The fourth-order valence-electron chi connectivity index (χ4n) is 3.77. The Morgan fingerprint density at radius 2 is 1.66 bits per heavy atom. The number of aromatic hydroxyl groups is 1. The molecule has 0 aliphatic heterocycles. The maximum absolute atomic E-state index is 11.9. The van der Waals surface area contributed by atoms with Crippen LogP contribution in [0.25, 0.3) is 11.1 Å². The van der Waals surface area contributed by atoms with E-state index >= 15 is 0 Å². The summed E-state index contributed by atoms with van der Waals surface area (Å²) in [5, 5.41) is 30.6. The number of carboxylic acids is 1. The molecule has 0 bridgehead atoms. The molecule has 1 atom stereocenters. The molecule has 0 amide bonds. The summed E-state index contributed by atoms with van der Waals surface area (Å²) in [7, 11) is 0. The van der Waals surface area contributed by atoms with Gasteiger partial charge in [0.25, 0.3) is 0 Å². The van der Waals surface area contributed by atoms with Gasteiger partial charge in [0.15, 0.2) is 5.78 Å². The normalized spacial score (nSPS) is 11.6. The minimum atomic E-state index is -1.06. The first-order valence-electron chi connectivity index (χ1n) is 10.9. The number of aliphatic hydroxyl groups excluding tert-OH is 1. The van der Waals surface area contributed by atoms with E-state index in [-0.39, 0.29) is 29.3 Å². The Labute approximate surface area is 201 Å². The van der Waals surface area contributed by atoms with Crippen LogP contribution >= 0.6 is 0 Å². The predicted octanol–water partition coefficient (Wildman–Crippen LogP) is 5.02. The number of carbonyl (C=O) groups excluding carboxylic acids is 1. The number of aromatic carboxylic acids is 1. The monoisotopic (exact) mass is 469 g/mol. The third kappa shape index (κ3) is 5.20. The van der Waals surface area contributed by atoms with Crippen molar-refractivity contribution in [1.82, 2.24) is 4.98 Å². The van der Waals surface area contributed by atoms with Crippen molar-refractivity contribution in [2.45, 2.75) is 19.6 Å². The molecule has 1 heterocycles.